The van der Waals surface area contributed by atoms with E-state index >= 15 is 0 Å². The predicted molar refractivity (Wildman–Crippen MR) is 88.7 cm³/mol. The number of hydrogen-bond donors (Lipinski definition) is 0. The van der Waals surface area contributed by atoms with Crippen LogP contribution in [0.15, 0.2) is 42.5 Å². The minimum atomic E-state index is -4.30. The van der Waals surface area contributed by atoms with Gasteiger partial charge in [-0.15, -0.1) is 0 Å². The third kappa shape index (κ3) is 3.86. The summed E-state index contributed by atoms with van der Waals surface area (Å²) in [5, 5.41) is 0.354. The Morgan fingerprint density at radius 3 is 1.96 bits per heavy atom. The molecule has 3 aromatic carbocycles. The maximum Gasteiger partial charge on any atom is 0.432 e. The van der Waals surface area contributed by atoms with E-state index in [0.29, 0.717) is 12.8 Å². The lowest BCUT2D eigenvalue weighted by Gasteiger charge is -2.20. The summed E-state index contributed by atoms with van der Waals surface area (Å²) in [6.07, 6.45) is -3.36. The lowest BCUT2D eigenvalue weighted by Crippen LogP contribution is -2.25. The molecule has 142 valence electrons. The molecule has 0 atom stereocenters. The molecule has 0 unspecified atom stereocenters. The Balaban J connectivity index is 1.97. The van der Waals surface area contributed by atoms with Gasteiger partial charge in [0.15, 0.2) is 11.6 Å². The first-order chi connectivity index (χ1) is 12.7. The van der Waals surface area contributed by atoms with E-state index in [1.807, 2.05) is 0 Å². The van der Waals surface area contributed by atoms with Gasteiger partial charge < -0.3 is 4.74 Å². The third-order valence-corrected chi connectivity index (χ3v) is 4.03. The normalized spacial score (nSPS) is 11.8. The number of hydrogen-bond acceptors (Lipinski definition) is 1. The Morgan fingerprint density at radius 2 is 1.37 bits per heavy atom. The van der Waals surface area contributed by atoms with Gasteiger partial charge in [0.1, 0.15) is 22.9 Å². The summed E-state index contributed by atoms with van der Waals surface area (Å²) in [6.45, 7) is 1.79. The van der Waals surface area contributed by atoms with E-state index < -0.39 is 40.7 Å². The van der Waals surface area contributed by atoms with Crippen LogP contribution in [0, 0.1) is 23.3 Å². The van der Waals surface area contributed by atoms with Crippen molar-refractivity contribution in [2.45, 2.75) is 25.9 Å². The zero-order valence-electron chi connectivity index (χ0n) is 14.1. The molecule has 7 heteroatoms. The molecule has 27 heavy (non-hydrogen) atoms. The molecule has 0 bridgehead atoms. The maximum absolute atomic E-state index is 14.4. The molecule has 0 saturated heterocycles. The van der Waals surface area contributed by atoms with E-state index in [1.54, 1.807) is 6.92 Å². The van der Waals surface area contributed by atoms with Crippen molar-refractivity contribution < 1.29 is 31.1 Å². The third-order valence-electron chi connectivity index (χ3n) is 4.03. The summed E-state index contributed by atoms with van der Waals surface area (Å²) in [5.41, 5.74) is -1.25. The first-order valence-electron chi connectivity index (χ1n) is 8.15. The van der Waals surface area contributed by atoms with Gasteiger partial charge in [-0.2, -0.15) is 8.78 Å². The van der Waals surface area contributed by atoms with E-state index in [-0.39, 0.29) is 16.3 Å². The van der Waals surface area contributed by atoms with Gasteiger partial charge in [0.05, 0.1) is 0 Å². The van der Waals surface area contributed by atoms with Gasteiger partial charge >= 0.3 is 6.11 Å². The monoisotopic (exact) mass is 384 g/mol. The molecular formula is C20H14F6O. The van der Waals surface area contributed by atoms with Crippen LogP contribution in [-0.2, 0) is 12.5 Å². The first-order valence-corrected chi connectivity index (χ1v) is 8.15. The fraction of sp³-hybridized carbons (Fsp3) is 0.200. The maximum atomic E-state index is 14.4. The van der Waals surface area contributed by atoms with Gasteiger partial charge in [-0.3, -0.25) is 0 Å². The summed E-state index contributed by atoms with van der Waals surface area (Å²) in [4.78, 5) is 0. The number of fused-ring (bicyclic) bond motifs is 1. The molecule has 0 saturated carbocycles. The van der Waals surface area contributed by atoms with Crippen LogP contribution in [0.3, 0.4) is 0 Å². The minimum absolute atomic E-state index is 0.0986. The summed E-state index contributed by atoms with van der Waals surface area (Å²) in [5.74, 6) is -5.53. The van der Waals surface area contributed by atoms with E-state index in [2.05, 4.69) is 4.74 Å². The largest absolute Gasteiger partial charge is 0.432 e. The quantitative estimate of drug-likeness (QED) is 0.458. The number of alkyl halides is 2. The van der Waals surface area contributed by atoms with Crippen molar-refractivity contribution in [3.63, 3.8) is 0 Å². The Bertz CT molecular complexity index is 976. The molecular weight excluding hydrogens is 370 g/mol. The fourth-order valence-electron chi connectivity index (χ4n) is 2.82. The fourth-order valence-corrected chi connectivity index (χ4v) is 2.82. The summed E-state index contributed by atoms with van der Waals surface area (Å²) in [7, 11) is 0. The number of ether oxygens (including phenoxy) is 1. The minimum Gasteiger partial charge on any atom is -0.429 e. The zero-order chi connectivity index (χ0) is 19.8. The van der Waals surface area contributed by atoms with Crippen molar-refractivity contribution >= 4 is 10.8 Å². The predicted octanol–water partition coefficient (Wildman–Crippen LogP) is 6.48. The molecule has 0 aliphatic carbocycles. The standard InChI is InChI=1S/C20H14F6O/c1-2-3-11-6-17(23)19(18(24)7-11)20(25,26)27-14-5-4-12-9-15(21)16(22)10-13(12)8-14/h4-10H,2-3H2,1H3. The second-order valence-electron chi connectivity index (χ2n) is 6.08. The molecule has 0 amide bonds. The molecule has 0 aliphatic rings. The second kappa shape index (κ2) is 7.13. The van der Waals surface area contributed by atoms with Crippen LogP contribution in [0.5, 0.6) is 5.75 Å². The molecule has 3 aromatic rings. The molecule has 1 nitrogen and oxygen atoms in total. The van der Waals surface area contributed by atoms with E-state index in [0.717, 1.165) is 36.4 Å². The Labute approximate surface area is 151 Å². The average molecular weight is 384 g/mol. The van der Waals surface area contributed by atoms with Gasteiger partial charge in [-0.1, -0.05) is 19.4 Å². The SMILES string of the molecule is CCCc1cc(F)c(C(F)(F)Oc2ccc3cc(F)c(F)cc3c2)c(F)c1. The van der Waals surface area contributed by atoms with Gasteiger partial charge in [0, 0.05) is 0 Å². The van der Waals surface area contributed by atoms with Crippen LogP contribution in [0.1, 0.15) is 24.5 Å². The van der Waals surface area contributed by atoms with E-state index in [1.165, 1.54) is 6.07 Å². The van der Waals surface area contributed by atoms with E-state index in [4.69, 9.17) is 0 Å². The van der Waals surface area contributed by atoms with Crippen molar-refractivity contribution in [2.24, 2.45) is 0 Å². The number of rotatable bonds is 5. The topological polar surface area (TPSA) is 9.23 Å². The zero-order valence-corrected chi connectivity index (χ0v) is 14.1. The second-order valence-corrected chi connectivity index (χ2v) is 6.08. The molecule has 0 radical (unpaired) electrons. The van der Waals surface area contributed by atoms with Gasteiger partial charge in [0.2, 0.25) is 0 Å². The highest BCUT2D eigenvalue weighted by molar-refractivity contribution is 5.84. The van der Waals surface area contributed by atoms with Crippen molar-refractivity contribution in [1.82, 2.24) is 0 Å². The van der Waals surface area contributed by atoms with Crippen LogP contribution >= 0.6 is 0 Å². The summed E-state index contributed by atoms with van der Waals surface area (Å²) < 4.78 is 88.0. The lowest BCUT2D eigenvalue weighted by molar-refractivity contribution is -0.189. The summed E-state index contributed by atoms with van der Waals surface area (Å²) >= 11 is 0. The van der Waals surface area contributed by atoms with Crippen LogP contribution in [-0.4, -0.2) is 0 Å². The van der Waals surface area contributed by atoms with Gasteiger partial charge in [0.25, 0.3) is 0 Å². The van der Waals surface area contributed by atoms with Crippen molar-refractivity contribution in [3.8, 4) is 5.75 Å². The smallest absolute Gasteiger partial charge is 0.429 e. The van der Waals surface area contributed by atoms with Crippen LogP contribution in [0.25, 0.3) is 10.8 Å². The van der Waals surface area contributed by atoms with E-state index in [9.17, 15) is 26.3 Å². The first kappa shape index (κ1) is 19.1. The van der Waals surface area contributed by atoms with Crippen LogP contribution < -0.4 is 4.74 Å². The Hall–Kier alpha value is -2.70. The van der Waals surface area contributed by atoms with Crippen LogP contribution in [0.2, 0.25) is 0 Å². The van der Waals surface area contributed by atoms with Gasteiger partial charge in [-0.25, -0.2) is 17.6 Å². The molecule has 0 N–H and O–H groups in total. The number of halogens is 6. The number of benzene rings is 3. The Kier molecular flexibility index (Phi) is 5.04. The van der Waals surface area contributed by atoms with Crippen LogP contribution in [0.4, 0.5) is 26.3 Å². The molecule has 0 fully saturated rings. The van der Waals surface area contributed by atoms with Crippen molar-refractivity contribution in [1.29, 1.82) is 0 Å². The Morgan fingerprint density at radius 1 is 0.778 bits per heavy atom. The molecule has 0 aliphatic heterocycles. The summed E-state index contributed by atoms with van der Waals surface area (Å²) in [6, 6.07) is 6.76. The highest BCUT2D eigenvalue weighted by atomic mass is 19.3. The van der Waals surface area contributed by atoms with Crippen molar-refractivity contribution in [3.05, 3.63) is 76.9 Å². The average Bonchev–Trinajstić information content (AvgIpc) is 2.55. The van der Waals surface area contributed by atoms with Crippen molar-refractivity contribution in [2.75, 3.05) is 0 Å². The lowest BCUT2D eigenvalue weighted by atomic mass is 10.1. The highest BCUT2D eigenvalue weighted by Crippen LogP contribution is 2.36. The molecule has 0 heterocycles. The molecule has 0 spiro atoms. The van der Waals surface area contributed by atoms with Gasteiger partial charge in [-0.05, 0) is 59.2 Å². The molecule has 3 rings (SSSR count). The number of aryl methyl sites for hydroxylation is 1. The molecule has 0 aromatic heterocycles. The highest BCUT2D eigenvalue weighted by Gasteiger charge is 2.41.